The quantitative estimate of drug-likeness (QED) is 0.668. The van der Waals surface area contributed by atoms with E-state index in [4.69, 9.17) is 6.42 Å². The molecule has 1 nitrogen and oxygen atoms in total. The summed E-state index contributed by atoms with van der Waals surface area (Å²) >= 11 is 2.30. The maximum absolute atomic E-state index is 5.38. The lowest BCUT2D eigenvalue weighted by molar-refractivity contribution is 0.491. The smallest absolute Gasteiger partial charge is 0.0743 e. The van der Waals surface area contributed by atoms with Crippen LogP contribution in [-0.4, -0.2) is 5.54 Å². The highest BCUT2D eigenvalue weighted by Crippen LogP contribution is 2.08. The Bertz CT molecular complexity index is 332. The minimum Gasteiger partial charge on any atom is -0.298 e. The lowest BCUT2D eigenvalue weighted by Gasteiger charge is -2.19. The first-order chi connectivity index (χ1) is 6.53. The molecule has 0 aliphatic rings. The number of hydrogen-bond donors (Lipinski definition) is 1. The van der Waals surface area contributed by atoms with E-state index in [1.807, 2.05) is 13.8 Å². The molecule has 0 aliphatic carbocycles. The van der Waals surface area contributed by atoms with Crippen LogP contribution < -0.4 is 5.32 Å². The molecular formula is C12H14IN. The van der Waals surface area contributed by atoms with Gasteiger partial charge in [-0.25, -0.2) is 0 Å². The number of terminal acetylenes is 1. The zero-order valence-electron chi connectivity index (χ0n) is 8.47. The van der Waals surface area contributed by atoms with Gasteiger partial charge in [0, 0.05) is 10.1 Å². The van der Waals surface area contributed by atoms with Gasteiger partial charge in [-0.1, -0.05) is 18.1 Å². The third-order valence-electron chi connectivity index (χ3n) is 2.01. The number of nitrogens with one attached hydrogen (secondary N) is 1. The van der Waals surface area contributed by atoms with Crippen LogP contribution in [0, 0.1) is 15.9 Å². The van der Waals surface area contributed by atoms with Crippen molar-refractivity contribution < 1.29 is 0 Å². The Labute approximate surface area is 99.4 Å². The highest BCUT2D eigenvalue weighted by atomic mass is 127. The molecule has 0 atom stereocenters. The van der Waals surface area contributed by atoms with Crippen LogP contribution in [0.2, 0.25) is 0 Å². The van der Waals surface area contributed by atoms with E-state index in [1.54, 1.807) is 0 Å². The molecule has 0 unspecified atom stereocenters. The minimum atomic E-state index is -0.233. The Morgan fingerprint density at radius 1 is 1.36 bits per heavy atom. The van der Waals surface area contributed by atoms with Crippen molar-refractivity contribution in [3.05, 3.63) is 33.4 Å². The standard InChI is InChI=1S/C12H14IN/c1-4-12(2,3)14-9-10-5-7-11(13)8-6-10/h1,5-8,14H,9H2,2-3H3. The Kier molecular flexibility index (Phi) is 3.97. The minimum absolute atomic E-state index is 0.233. The number of benzene rings is 1. The molecular weight excluding hydrogens is 285 g/mol. The molecule has 0 radical (unpaired) electrons. The first-order valence-electron chi connectivity index (χ1n) is 4.51. The van der Waals surface area contributed by atoms with E-state index in [0.29, 0.717) is 0 Å². The molecule has 1 rings (SSSR count). The summed E-state index contributed by atoms with van der Waals surface area (Å²) in [6, 6.07) is 8.42. The largest absolute Gasteiger partial charge is 0.298 e. The van der Waals surface area contributed by atoms with Gasteiger partial charge in [0.05, 0.1) is 5.54 Å². The SMILES string of the molecule is C#CC(C)(C)NCc1ccc(I)cc1. The van der Waals surface area contributed by atoms with Gasteiger partial charge in [-0.15, -0.1) is 6.42 Å². The maximum atomic E-state index is 5.38. The summed E-state index contributed by atoms with van der Waals surface area (Å²) in [5.74, 6) is 2.71. The van der Waals surface area contributed by atoms with Crippen LogP contribution >= 0.6 is 22.6 Å². The van der Waals surface area contributed by atoms with Gasteiger partial charge in [0.25, 0.3) is 0 Å². The van der Waals surface area contributed by atoms with Crippen molar-refractivity contribution in [2.45, 2.75) is 25.9 Å². The highest BCUT2D eigenvalue weighted by molar-refractivity contribution is 14.1. The lowest BCUT2D eigenvalue weighted by Crippen LogP contribution is -2.36. The average Bonchev–Trinajstić information content (AvgIpc) is 2.17. The van der Waals surface area contributed by atoms with Crippen LogP contribution in [0.5, 0.6) is 0 Å². The summed E-state index contributed by atoms with van der Waals surface area (Å²) in [5, 5.41) is 3.31. The molecule has 0 fully saturated rings. The molecule has 0 aromatic heterocycles. The van der Waals surface area contributed by atoms with E-state index < -0.39 is 0 Å². The Balaban J connectivity index is 2.55. The second kappa shape index (κ2) is 4.81. The first kappa shape index (κ1) is 11.5. The fourth-order valence-electron chi connectivity index (χ4n) is 0.976. The van der Waals surface area contributed by atoms with Gasteiger partial charge in [0.2, 0.25) is 0 Å². The highest BCUT2D eigenvalue weighted by Gasteiger charge is 2.11. The van der Waals surface area contributed by atoms with Crippen LogP contribution in [0.1, 0.15) is 19.4 Å². The van der Waals surface area contributed by atoms with Gasteiger partial charge in [-0.2, -0.15) is 0 Å². The van der Waals surface area contributed by atoms with Gasteiger partial charge < -0.3 is 0 Å². The third kappa shape index (κ3) is 3.69. The van der Waals surface area contributed by atoms with E-state index in [2.05, 4.69) is 58.1 Å². The molecule has 0 heterocycles. The summed E-state index contributed by atoms with van der Waals surface area (Å²) < 4.78 is 1.25. The number of halogens is 1. The van der Waals surface area contributed by atoms with Gasteiger partial charge in [0.1, 0.15) is 0 Å². The molecule has 14 heavy (non-hydrogen) atoms. The molecule has 1 aromatic carbocycles. The molecule has 0 spiro atoms. The molecule has 0 amide bonds. The van der Waals surface area contributed by atoms with Crippen molar-refractivity contribution in [1.82, 2.24) is 5.32 Å². The lowest BCUT2D eigenvalue weighted by atomic mass is 10.1. The van der Waals surface area contributed by atoms with E-state index in [-0.39, 0.29) is 5.54 Å². The van der Waals surface area contributed by atoms with Gasteiger partial charge in [0.15, 0.2) is 0 Å². The van der Waals surface area contributed by atoms with Crippen LogP contribution in [0.25, 0.3) is 0 Å². The zero-order chi connectivity index (χ0) is 10.6. The van der Waals surface area contributed by atoms with E-state index in [0.717, 1.165) is 6.54 Å². The molecule has 0 saturated heterocycles. The fourth-order valence-corrected chi connectivity index (χ4v) is 1.34. The number of rotatable bonds is 3. The van der Waals surface area contributed by atoms with Crippen molar-refractivity contribution >= 4 is 22.6 Å². The van der Waals surface area contributed by atoms with Crippen molar-refractivity contribution in [3.63, 3.8) is 0 Å². The second-order valence-electron chi connectivity index (χ2n) is 3.75. The van der Waals surface area contributed by atoms with Gasteiger partial charge >= 0.3 is 0 Å². The topological polar surface area (TPSA) is 12.0 Å². The molecule has 2 heteroatoms. The molecule has 0 aliphatic heterocycles. The third-order valence-corrected chi connectivity index (χ3v) is 2.73. The first-order valence-corrected chi connectivity index (χ1v) is 5.58. The molecule has 1 N–H and O–H groups in total. The predicted octanol–water partition coefficient (Wildman–Crippen LogP) is 2.79. The molecule has 1 aromatic rings. The van der Waals surface area contributed by atoms with Gasteiger partial charge in [-0.3, -0.25) is 5.32 Å². The monoisotopic (exact) mass is 299 g/mol. The molecule has 0 saturated carbocycles. The molecule has 74 valence electrons. The summed E-state index contributed by atoms with van der Waals surface area (Å²) in [6.45, 7) is 4.81. The van der Waals surface area contributed by atoms with Crippen molar-refractivity contribution in [2.75, 3.05) is 0 Å². The van der Waals surface area contributed by atoms with E-state index in [9.17, 15) is 0 Å². The number of hydrogen-bond acceptors (Lipinski definition) is 1. The van der Waals surface area contributed by atoms with Crippen molar-refractivity contribution in [3.8, 4) is 12.3 Å². The Morgan fingerprint density at radius 3 is 2.43 bits per heavy atom. The Morgan fingerprint density at radius 2 is 1.93 bits per heavy atom. The summed E-state index contributed by atoms with van der Waals surface area (Å²) in [5.41, 5.74) is 1.02. The van der Waals surface area contributed by atoms with Crippen molar-refractivity contribution in [2.24, 2.45) is 0 Å². The van der Waals surface area contributed by atoms with Gasteiger partial charge in [-0.05, 0) is 54.1 Å². The van der Waals surface area contributed by atoms with Crippen LogP contribution in [-0.2, 0) is 6.54 Å². The maximum Gasteiger partial charge on any atom is 0.0743 e. The van der Waals surface area contributed by atoms with Crippen LogP contribution in [0.4, 0.5) is 0 Å². The predicted molar refractivity (Wildman–Crippen MR) is 68.9 cm³/mol. The fraction of sp³-hybridized carbons (Fsp3) is 0.333. The second-order valence-corrected chi connectivity index (χ2v) is 4.99. The van der Waals surface area contributed by atoms with Crippen LogP contribution in [0.15, 0.2) is 24.3 Å². The molecule has 0 bridgehead atoms. The van der Waals surface area contributed by atoms with E-state index in [1.165, 1.54) is 9.13 Å². The summed E-state index contributed by atoms with van der Waals surface area (Å²) in [7, 11) is 0. The average molecular weight is 299 g/mol. The normalized spacial score (nSPS) is 11.0. The summed E-state index contributed by atoms with van der Waals surface area (Å²) in [6.07, 6.45) is 5.38. The Hall–Kier alpha value is -0.530. The van der Waals surface area contributed by atoms with Crippen LogP contribution in [0.3, 0.4) is 0 Å². The van der Waals surface area contributed by atoms with E-state index >= 15 is 0 Å². The summed E-state index contributed by atoms with van der Waals surface area (Å²) in [4.78, 5) is 0. The van der Waals surface area contributed by atoms with Crippen molar-refractivity contribution in [1.29, 1.82) is 0 Å². The zero-order valence-corrected chi connectivity index (χ0v) is 10.6.